The maximum Gasteiger partial charge on any atom is 0.231 e. The summed E-state index contributed by atoms with van der Waals surface area (Å²) in [5.41, 5.74) is 0.712. The third kappa shape index (κ3) is 2.97. The molecule has 2 unspecified atom stereocenters. The number of rotatable bonds is 3. The topological polar surface area (TPSA) is 50.4 Å². The zero-order valence-corrected chi connectivity index (χ0v) is 10.3. The van der Waals surface area contributed by atoms with Gasteiger partial charge in [-0.2, -0.15) is 0 Å². The van der Waals surface area contributed by atoms with Gasteiger partial charge in [-0.05, 0) is 25.2 Å². The van der Waals surface area contributed by atoms with Gasteiger partial charge in [0.1, 0.15) is 0 Å². The van der Waals surface area contributed by atoms with E-state index in [1.165, 1.54) is 0 Å². The van der Waals surface area contributed by atoms with Gasteiger partial charge in [-0.15, -0.1) is 0 Å². The Morgan fingerprint density at radius 3 is 3.00 bits per heavy atom. The molecule has 0 spiro atoms. The fraction of sp³-hybridized carbons (Fsp3) is 0.417. The van der Waals surface area contributed by atoms with E-state index in [-0.39, 0.29) is 17.9 Å². The van der Waals surface area contributed by atoms with Crippen LogP contribution < -0.4 is 10.6 Å². The van der Waals surface area contributed by atoms with Gasteiger partial charge in [-0.1, -0.05) is 17.7 Å². The molecule has 2 N–H and O–H groups in total. The normalized spacial score (nSPS) is 23.6. The van der Waals surface area contributed by atoms with Gasteiger partial charge in [0.2, 0.25) is 5.91 Å². The van der Waals surface area contributed by atoms with Crippen LogP contribution in [0.3, 0.4) is 0 Å². The number of likely N-dealkylation sites (N-methyl/N-ethyl adjacent to an activating group) is 1. The molecule has 1 aliphatic rings. The average Bonchev–Trinajstić information content (AvgIpc) is 2.77. The first-order chi connectivity index (χ1) is 8.20. The molecule has 0 aliphatic carbocycles. The van der Waals surface area contributed by atoms with Crippen molar-refractivity contribution in [2.45, 2.75) is 6.04 Å². The van der Waals surface area contributed by atoms with Crippen molar-refractivity contribution >= 4 is 23.2 Å². The van der Waals surface area contributed by atoms with Crippen LogP contribution >= 0.6 is 11.6 Å². The maximum absolute atomic E-state index is 12.0. The highest BCUT2D eigenvalue weighted by Gasteiger charge is 2.32. The third-order valence-corrected chi connectivity index (χ3v) is 3.12. The Morgan fingerprint density at radius 2 is 2.29 bits per heavy atom. The predicted molar refractivity (Wildman–Crippen MR) is 67.2 cm³/mol. The fourth-order valence-electron chi connectivity index (χ4n) is 1.90. The lowest BCUT2D eigenvalue weighted by molar-refractivity contribution is -0.120. The largest absolute Gasteiger partial charge is 0.379 e. The van der Waals surface area contributed by atoms with Crippen molar-refractivity contribution in [3.63, 3.8) is 0 Å². The zero-order valence-electron chi connectivity index (χ0n) is 9.57. The molecule has 1 aromatic rings. The standard InChI is InChI=1S/C12H15ClN2O2/c1-14-11-7-17-6-10(11)12(16)15-9-4-2-3-8(13)5-9/h2-5,10-11,14H,6-7H2,1H3,(H,15,16). The van der Waals surface area contributed by atoms with Gasteiger partial charge in [0, 0.05) is 16.8 Å². The molecule has 5 heteroatoms. The van der Waals surface area contributed by atoms with Crippen molar-refractivity contribution in [2.75, 3.05) is 25.6 Å². The van der Waals surface area contributed by atoms with Crippen molar-refractivity contribution in [2.24, 2.45) is 5.92 Å². The Bertz CT molecular complexity index is 411. The van der Waals surface area contributed by atoms with E-state index in [0.717, 1.165) is 0 Å². The van der Waals surface area contributed by atoms with Crippen LogP contribution in [0, 0.1) is 5.92 Å². The summed E-state index contributed by atoms with van der Waals surface area (Å²) in [6, 6.07) is 7.19. The maximum atomic E-state index is 12.0. The second-order valence-corrected chi connectivity index (χ2v) is 4.48. The van der Waals surface area contributed by atoms with Crippen LogP contribution in [-0.4, -0.2) is 32.2 Å². The summed E-state index contributed by atoms with van der Waals surface area (Å²) in [7, 11) is 1.83. The number of amides is 1. The van der Waals surface area contributed by atoms with E-state index >= 15 is 0 Å². The van der Waals surface area contributed by atoms with Crippen molar-refractivity contribution < 1.29 is 9.53 Å². The summed E-state index contributed by atoms with van der Waals surface area (Å²) in [6.45, 7) is 1.03. The van der Waals surface area contributed by atoms with Crippen LogP contribution in [0.15, 0.2) is 24.3 Å². The Kier molecular flexibility index (Phi) is 3.99. The first kappa shape index (κ1) is 12.4. The van der Waals surface area contributed by atoms with E-state index in [1.54, 1.807) is 18.2 Å². The molecule has 0 aromatic heterocycles. The first-order valence-electron chi connectivity index (χ1n) is 5.52. The minimum absolute atomic E-state index is 0.0379. The van der Waals surface area contributed by atoms with Crippen molar-refractivity contribution in [3.8, 4) is 0 Å². The number of carbonyl (C=O) groups is 1. The summed E-state index contributed by atoms with van der Waals surface area (Å²) < 4.78 is 5.29. The van der Waals surface area contributed by atoms with Crippen LogP contribution in [-0.2, 0) is 9.53 Å². The van der Waals surface area contributed by atoms with Gasteiger partial charge in [0.25, 0.3) is 0 Å². The molecule has 1 aliphatic heterocycles. The highest BCUT2D eigenvalue weighted by atomic mass is 35.5. The summed E-state index contributed by atoms with van der Waals surface area (Å²) in [6.07, 6.45) is 0. The Labute approximate surface area is 105 Å². The molecule has 1 amide bonds. The van der Waals surface area contributed by atoms with E-state index in [2.05, 4.69) is 10.6 Å². The summed E-state index contributed by atoms with van der Waals surface area (Å²) in [4.78, 5) is 12.0. The summed E-state index contributed by atoms with van der Waals surface area (Å²) >= 11 is 5.86. The third-order valence-electron chi connectivity index (χ3n) is 2.88. The molecule has 4 nitrogen and oxygen atoms in total. The second kappa shape index (κ2) is 5.49. The lowest BCUT2D eigenvalue weighted by Crippen LogP contribution is -2.39. The summed E-state index contributed by atoms with van der Waals surface area (Å²) in [5.74, 6) is -0.192. The van der Waals surface area contributed by atoms with Gasteiger partial charge in [-0.25, -0.2) is 0 Å². The van der Waals surface area contributed by atoms with Crippen molar-refractivity contribution in [1.29, 1.82) is 0 Å². The molecule has 1 heterocycles. The Balaban J connectivity index is 2.01. The van der Waals surface area contributed by atoms with Gasteiger partial charge in [-0.3, -0.25) is 4.79 Å². The van der Waals surface area contributed by atoms with Crippen LogP contribution in [0.25, 0.3) is 0 Å². The predicted octanol–water partition coefficient (Wildman–Crippen LogP) is 1.51. The van der Waals surface area contributed by atoms with Crippen molar-refractivity contribution in [1.82, 2.24) is 5.32 Å². The number of hydrogen-bond acceptors (Lipinski definition) is 3. The summed E-state index contributed by atoms with van der Waals surface area (Å²) in [5, 5.41) is 6.53. The number of ether oxygens (including phenoxy) is 1. The minimum Gasteiger partial charge on any atom is -0.379 e. The molecule has 0 radical (unpaired) electrons. The van der Waals surface area contributed by atoms with Gasteiger partial charge >= 0.3 is 0 Å². The van der Waals surface area contributed by atoms with Gasteiger partial charge in [0.15, 0.2) is 0 Å². The SMILES string of the molecule is CNC1COCC1C(=O)Nc1cccc(Cl)c1. The second-order valence-electron chi connectivity index (χ2n) is 4.04. The molecule has 2 rings (SSSR count). The highest BCUT2D eigenvalue weighted by molar-refractivity contribution is 6.30. The number of nitrogens with one attached hydrogen (secondary N) is 2. The molecule has 1 saturated heterocycles. The molecule has 0 bridgehead atoms. The van der Waals surface area contributed by atoms with Crippen LogP contribution in [0.2, 0.25) is 5.02 Å². The smallest absolute Gasteiger partial charge is 0.231 e. The number of carbonyl (C=O) groups excluding carboxylic acids is 1. The Morgan fingerprint density at radius 1 is 1.47 bits per heavy atom. The van der Waals surface area contributed by atoms with Crippen LogP contribution in [0.5, 0.6) is 0 Å². The Hall–Kier alpha value is -1.10. The number of anilines is 1. The number of benzene rings is 1. The molecule has 1 aromatic carbocycles. The van der Waals surface area contributed by atoms with E-state index in [1.807, 2.05) is 13.1 Å². The van der Waals surface area contributed by atoms with E-state index in [0.29, 0.717) is 23.9 Å². The highest BCUT2D eigenvalue weighted by Crippen LogP contribution is 2.19. The monoisotopic (exact) mass is 254 g/mol. The zero-order chi connectivity index (χ0) is 12.3. The lowest BCUT2D eigenvalue weighted by atomic mass is 10.0. The van der Waals surface area contributed by atoms with Crippen molar-refractivity contribution in [3.05, 3.63) is 29.3 Å². The number of hydrogen-bond donors (Lipinski definition) is 2. The first-order valence-corrected chi connectivity index (χ1v) is 5.90. The molecule has 92 valence electrons. The van der Waals surface area contributed by atoms with Crippen LogP contribution in [0.1, 0.15) is 0 Å². The lowest BCUT2D eigenvalue weighted by Gasteiger charge is -2.16. The molecule has 2 atom stereocenters. The van der Waals surface area contributed by atoms with E-state index < -0.39 is 0 Å². The molecular formula is C12H15ClN2O2. The molecular weight excluding hydrogens is 240 g/mol. The number of halogens is 1. The molecule has 17 heavy (non-hydrogen) atoms. The van der Waals surface area contributed by atoms with Gasteiger partial charge < -0.3 is 15.4 Å². The molecule has 1 fully saturated rings. The molecule has 0 saturated carbocycles. The quantitative estimate of drug-likeness (QED) is 0.860. The fourth-order valence-corrected chi connectivity index (χ4v) is 2.09. The van der Waals surface area contributed by atoms with E-state index in [4.69, 9.17) is 16.3 Å². The van der Waals surface area contributed by atoms with E-state index in [9.17, 15) is 4.79 Å². The van der Waals surface area contributed by atoms with Gasteiger partial charge in [0.05, 0.1) is 19.1 Å². The minimum atomic E-state index is -0.154. The average molecular weight is 255 g/mol. The van der Waals surface area contributed by atoms with Crippen LogP contribution in [0.4, 0.5) is 5.69 Å².